The van der Waals surface area contributed by atoms with Crippen molar-refractivity contribution in [2.24, 2.45) is 0 Å². The number of benzene rings is 1. The van der Waals surface area contributed by atoms with E-state index in [1.165, 1.54) is 6.38 Å². The number of carbonyl (C=O) groups is 1. The normalized spacial score (nSPS) is 7.36. The zero-order valence-corrected chi connectivity index (χ0v) is 9.37. The Bertz CT molecular complexity index is 173. The summed E-state index contributed by atoms with van der Waals surface area (Å²) in [4.78, 5) is 9.60. The lowest BCUT2D eigenvalue weighted by atomic mass is 10.4. The summed E-state index contributed by atoms with van der Waals surface area (Å²) in [7, 11) is 0. The molecule has 0 aromatic heterocycles. The van der Waals surface area contributed by atoms with Gasteiger partial charge in [-0.25, -0.2) is 0 Å². The van der Waals surface area contributed by atoms with Gasteiger partial charge in [-0.2, -0.15) is 0 Å². The molecule has 1 rings (SSSR count). The Morgan fingerprint density at radius 2 is 1.36 bits per heavy atom. The zero-order chi connectivity index (χ0) is 11.2. The van der Waals surface area contributed by atoms with Crippen LogP contribution >= 0.6 is 11.6 Å². The van der Waals surface area contributed by atoms with Crippen LogP contribution in [0.2, 0.25) is 0 Å². The Kier molecular flexibility index (Phi) is 16.0. The van der Waals surface area contributed by atoms with E-state index in [0.29, 0.717) is 6.42 Å². The molecule has 0 atom stereocenters. The van der Waals surface area contributed by atoms with Gasteiger partial charge in [-0.05, 0) is 6.42 Å². The second kappa shape index (κ2) is 14.5. The molecule has 0 spiro atoms. The third-order valence-electron chi connectivity index (χ3n) is 1.13. The van der Waals surface area contributed by atoms with Crippen molar-refractivity contribution in [3.63, 3.8) is 0 Å². The van der Waals surface area contributed by atoms with Gasteiger partial charge in [0.1, 0.15) is 0 Å². The monoisotopic (exact) mass is 216 g/mol. The minimum Gasteiger partial charge on any atom is -0.481 e. The van der Waals surface area contributed by atoms with Crippen molar-refractivity contribution in [1.29, 1.82) is 0 Å². The van der Waals surface area contributed by atoms with Crippen molar-refractivity contribution in [3.05, 3.63) is 36.4 Å². The largest absolute Gasteiger partial charge is 0.481 e. The molecule has 0 aliphatic carbocycles. The van der Waals surface area contributed by atoms with Gasteiger partial charge in [-0.3, -0.25) is 4.79 Å². The molecule has 0 radical (unpaired) electrons. The van der Waals surface area contributed by atoms with Gasteiger partial charge < -0.3 is 5.11 Å². The summed E-state index contributed by atoms with van der Waals surface area (Å²) in [5.41, 5.74) is 0. The van der Waals surface area contributed by atoms with E-state index < -0.39 is 5.97 Å². The van der Waals surface area contributed by atoms with Gasteiger partial charge in [0.05, 0.1) is 0 Å². The highest BCUT2D eigenvalue weighted by atomic mass is 35.5. The van der Waals surface area contributed by atoms with Gasteiger partial charge in [0, 0.05) is 12.8 Å². The molecule has 0 saturated heterocycles. The maximum absolute atomic E-state index is 9.60. The third-order valence-corrected chi connectivity index (χ3v) is 1.13. The second-order valence-corrected chi connectivity index (χ2v) is 2.30. The van der Waals surface area contributed by atoms with Crippen LogP contribution in [0.5, 0.6) is 0 Å². The van der Waals surface area contributed by atoms with Crippen LogP contribution in [0.3, 0.4) is 0 Å². The van der Waals surface area contributed by atoms with Crippen LogP contribution in [-0.4, -0.2) is 17.5 Å². The van der Waals surface area contributed by atoms with Crippen LogP contribution < -0.4 is 0 Å². The molecule has 0 saturated carbocycles. The summed E-state index contributed by atoms with van der Waals surface area (Å²) in [6.45, 7) is 1.84. The minimum absolute atomic E-state index is 0.292. The lowest BCUT2D eigenvalue weighted by molar-refractivity contribution is -0.137. The molecule has 0 amide bonds. The number of carboxylic acids is 1. The molecule has 0 aliphatic rings. The predicted octanol–water partition coefficient (Wildman–Crippen LogP) is 3.41. The van der Waals surface area contributed by atoms with Crippen molar-refractivity contribution in [2.75, 3.05) is 6.38 Å². The molecule has 0 aliphatic heterocycles. The lowest BCUT2D eigenvalue weighted by Crippen LogP contribution is -1.90. The molecule has 2 nitrogen and oxygen atoms in total. The van der Waals surface area contributed by atoms with Crippen LogP contribution in [0.15, 0.2) is 36.4 Å². The summed E-state index contributed by atoms with van der Waals surface area (Å²) >= 11 is 4.64. The molecule has 0 bridgehead atoms. The quantitative estimate of drug-likeness (QED) is 0.770. The number of carboxylic acid groups (broad SMARTS) is 1. The Balaban J connectivity index is 0. The Hall–Kier alpha value is -1.02. The van der Waals surface area contributed by atoms with Crippen LogP contribution in [0.4, 0.5) is 0 Å². The Labute approximate surface area is 90.5 Å². The van der Waals surface area contributed by atoms with E-state index in [0.717, 1.165) is 6.42 Å². The third kappa shape index (κ3) is 17.2. The first-order valence-corrected chi connectivity index (χ1v) is 5.12. The number of hydrogen-bond donors (Lipinski definition) is 1. The van der Waals surface area contributed by atoms with Gasteiger partial charge in [0.15, 0.2) is 0 Å². The standard InChI is InChI=1S/C6H6.C4H8O2.CH3Cl/c1-2-4-6-5-3-1;1-2-3-4(5)6;1-2/h1-6H;2-3H2,1H3,(H,5,6);1H3. The van der Waals surface area contributed by atoms with E-state index in [-0.39, 0.29) is 0 Å². The first kappa shape index (κ1) is 15.5. The maximum atomic E-state index is 9.60. The fraction of sp³-hybridized carbons (Fsp3) is 0.364. The molecular weight excluding hydrogens is 200 g/mol. The van der Waals surface area contributed by atoms with Gasteiger partial charge >= 0.3 is 5.97 Å². The Morgan fingerprint density at radius 1 is 1.07 bits per heavy atom. The van der Waals surface area contributed by atoms with Gasteiger partial charge in [0.25, 0.3) is 0 Å². The smallest absolute Gasteiger partial charge is 0.303 e. The van der Waals surface area contributed by atoms with Crippen LogP contribution in [-0.2, 0) is 4.79 Å². The van der Waals surface area contributed by atoms with E-state index in [1.807, 2.05) is 43.3 Å². The Morgan fingerprint density at radius 3 is 1.43 bits per heavy atom. The van der Waals surface area contributed by atoms with E-state index >= 15 is 0 Å². The summed E-state index contributed by atoms with van der Waals surface area (Å²) < 4.78 is 0. The van der Waals surface area contributed by atoms with Crippen molar-refractivity contribution < 1.29 is 9.90 Å². The average molecular weight is 217 g/mol. The average Bonchev–Trinajstić information content (AvgIpc) is 2.24. The SMILES string of the molecule is CCCC(=O)O.CCl.c1ccccc1. The van der Waals surface area contributed by atoms with Crippen LogP contribution in [0, 0.1) is 0 Å². The molecule has 0 fully saturated rings. The predicted molar refractivity (Wildman–Crippen MR) is 60.8 cm³/mol. The zero-order valence-electron chi connectivity index (χ0n) is 8.61. The highest BCUT2D eigenvalue weighted by molar-refractivity contribution is 6.15. The van der Waals surface area contributed by atoms with E-state index in [2.05, 4.69) is 11.6 Å². The molecule has 14 heavy (non-hydrogen) atoms. The first-order chi connectivity index (χ1) is 6.77. The summed E-state index contributed by atoms with van der Waals surface area (Å²) in [5.74, 6) is -0.711. The van der Waals surface area contributed by atoms with Crippen molar-refractivity contribution in [3.8, 4) is 0 Å². The highest BCUT2D eigenvalue weighted by Crippen LogP contribution is 1.82. The molecular formula is C11H17ClO2. The number of hydrogen-bond acceptors (Lipinski definition) is 1. The van der Waals surface area contributed by atoms with Crippen molar-refractivity contribution in [1.82, 2.24) is 0 Å². The summed E-state index contributed by atoms with van der Waals surface area (Å²) in [6.07, 6.45) is 2.50. The van der Waals surface area contributed by atoms with E-state index in [1.54, 1.807) is 0 Å². The first-order valence-electron chi connectivity index (χ1n) is 4.37. The molecule has 0 unspecified atom stereocenters. The molecule has 1 N–H and O–H groups in total. The number of aliphatic carboxylic acids is 1. The molecule has 1 aromatic carbocycles. The van der Waals surface area contributed by atoms with Gasteiger partial charge in [0.2, 0.25) is 0 Å². The molecule has 80 valence electrons. The van der Waals surface area contributed by atoms with Gasteiger partial charge in [-0.1, -0.05) is 43.3 Å². The fourth-order valence-electron chi connectivity index (χ4n) is 0.599. The van der Waals surface area contributed by atoms with E-state index in [4.69, 9.17) is 5.11 Å². The van der Waals surface area contributed by atoms with Crippen molar-refractivity contribution in [2.45, 2.75) is 19.8 Å². The maximum Gasteiger partial charge on any atom is 0.303 e. The molecule has 0 heterocycles. The minimum atomic E-state index is -0.711. The number of rotatable bonds is 2. The van der Waals surface area contributed by atoms with Crippen LogP contribution in [0.1, 0.15) is 19.8 Å². The number of halogens is 1. The molecule has 1 aromatic rings. The lowest BCUT2D eigenvalue weighted by Gasteiger charge is -1.79. The highest BCUT2D eigenvalue weighted by Gasteiger charge is 1.87. The summed E-state index contributed by atoms with van der Waals surface area (Å²) in [5, 5.41) is 7.91. The number of alkyl halides is 1. The van der Waals surface area contributed by atoms with Crippen molar-refractivity contribution >= 4 is 17.6 Å². The fourth-order valence-corrected chi connectivity index (χ4v) is 0.599. The topological polar surface area (TPSA) is 37.3 Å². The van der Waals surface area contributed by atoms with Gasteiger partial charge in [-0.15, -0.1) is 11.6 Å². The van der Waals surface area contributed by atoms with Crippen LogP contribution in [0.25, 0.3) is 0 Å². The van der Waals surface area contributed by atoms with E-state index in [9.17, 15) is 4.79 Å². The second-order valence-electron chi connectivity index (χ2n) is 2.30. The summed E-state index contributed by atoms with van der Waals surface area (Å²) in [6, 6.07) is 12.0. The molecule has 3 heteroatoms.